The van der Waals surface area contributed by atoms with E-state index >= 15 is 0 Å². The number of amides is 1. The lowest BCUT2D eigenvalue weighted by Gasteiger charge is -2.07. The number of nitrogens with one attached hydrogen (secondary N) is 1. The van der Waals surface area contributed by atoms with Gasteiger partial charge in [0.15, 0.2) is 0 Å². The van der Waals surface area contributed by atoms with Crippen LogP contribution in [0.5, 0.6) is 0 Å². The van der Waals surface area contributed by atoms with E-state index < -0.39 is 0 Å². The average molecular weight is 347 g/mol. The van der Waals surface area contributed by atoms with Crippen LogP contribution in [0.1, 0.15) is 10.4 Å². The molecule has 0 saturated heterocycles. The van der Waals surface area contributed by atoms with Crippen molar-refractivity contribution >= 4 is 34.1 Å². The van der Waals surface area contributed by atoms with Gasteiger partial charge in [-0.2, -0.15) is 0 Å². The second-order valence-electron chi connectivity index (χ2n) is 5.69. The van der Waals surface area contributed by atoms with Gasteiger partial charge in [-0.3, -0.25) is 9.20 Å². The zero-order valence-electron chi connectivity index (χ0n) is 13.6. The smallest absolute Gasteiger partial charge is 0.251 e. The van der Waals surface area contributed by atoms with Gasteiger partial charge >= 0.3 is 0 Å². The van der Waals surface area contributed by atoms with Crippen LogP contribution < -0.4 is 5.32 Å². The van der Waals surface area contributed by atoms with Crippen LogP contribution in [0.15, 0.2) is 78.1 Å². The second kappa shape index (κ2) is 6.99. The number of benzene rings is 2. The number of rotatable bonds is 5. The van der Waals surface area contributed by atoms with Crippen LogP contribution in [0.3, 0.4) is 0 Å². The topological polar surface area (TPSA) is 46.4 Å². The molecule has 4 rings (SSSR count). The molecule has 2 aromatic heterocycles. The first-order valence-corrected chi connectivity index (χ1v) is 9.12. The van der Waals surface area contributed by atoms with Crippen molar-refractivity contribution in [1.82, 2.24) is 14.7 Å². The van der Waals surface area contributed by atoms with Crippen molar-refractivity contribution in [3.63, 3.8) is 0 Å². The van der Waals surface area contributed by atoms with Gasteiger partial charge in [0.05, 0.1) is 5.03 Å². The number of carbonyl (C=O) groups excluding carboxylic acids is 1. The highest BCUT2D eigenvalue weighted by Gasteiger charge is 2.06. The van der Waals surface area contributed by atoms with E-state index in [9.17, 15) is 4.79 Å². The van der Waals surface area contributed by atoms with E-state index in [1.807, 2.05) is 60.8 Å². The molecule has 0 aliphatic carbocycles. The summed E-state index contributed by atoms with van der Waals surface area (Å²) in [6.45, 7) is 0.613. The summed E-state index contributed by atoms with van der Waals surface area (Å²) in [6.07, 6.45) is 3.74. The summed E-state index contributed by atoms with van der Waals surface area (Å²) in [5.74, 6) is 0.767. The number of imidazole rings is 1. The fourth-order valence-corrected chi connectivity index (χ4v) is 3.67. The second-order valence-corrected chi connectivity index (χ2v) is 6.80. The van der Waals surface area contributed by atoms with Crippen LogP contribution in [0, 0.1) is 0 Å². The number of hydrogen-bond donors (Lipinski definition) is 1. The largest absolute Gasteiger partial charge is 0.351 e. The van der Waals surface area contributed by atoms with Crippen molar-refractivity contribution in [3.05, 3.63) is 78.6 Å². The van der Waals surface area contributed by atoms with Gasteiger partial charge < -0.3 is 5.32 Å². The molecule has 0 bridgehead atoms. The third-order valence-electron chi connectivity index (χ3n) is 4.04. The van der Waals surface area contributed by atoms with E-state index in [1.165, 1.54) is 0 Å². The number of hydrogen-bond acceptors (Lipinski definition) is 3. The van der Waals surface area contributed by atoms with Crippen LogP contribution in [0.2, 0.25) is 0 Å². The first kappa shape index (κ1) is 15.7. The van der Waals surface area contributed by atoms with Gasteiger partial charge in [-0.1, -0.05) is 36.4 Å². The summed E-state index contributed by atoms with van der Waals surface area (Å²) in [5.41, 5.74) is 1.63. The number of carbonyl (C=O) groups is 1. The average Bonchev–Trinajstić information content (AvgIpc) is 3.14. The van der Waals surface area contributed by atoms with Gasteiger partial charge in [0.1, 0.15) is 5.65 Å². The Morgan fingerprint density at radius 2 is 1.92 bits per heavy atom. The first-order chi connectivity index (χ1) is 12.3. The predicted octanol–water partition coefficient (Wildman–Crippen LogP) is 4.01. The molecule has 2 heterocycles. The Morgan fingerprint density at radius 3 is 2.84 bits per heavy atom. The molecule has 2 aromatic carbocycles. The number of nitrogens with zero attached hydrogens (tertiary/aromatic N) is 2. The summed E-state index contributed by atoms with van der Waals surface area (Å²) < 4.78 is 2.05. The van der Waals surface area contributed by atoms with Crippen LogP contribution in [0.4, 0.5) is 0 Å². The molecule has 0 unspecified atom stereocenters. The Hall–Kier alpha value is -2.79. The molecule has 0 saturated carbocycles. The van der Waals surface area contributed by atoms with Crippen LogP contribution in [0.25, 0.3) is 16.4 Å². The normalized spacial score (nSPS) is 11.0. The highest BCUT2D eigenvalue weighted by molar-refractivity contribution is 7.99. The van der Waals surface area contributed by atoms with E-state index in [0.29, 0.717) is 12.1 Å². The maximum absolute atomic E-state index is 12.3. The van der Waals surface area contributed by atoms with Gasteiger partial charge in [-0.15, -0.1) is 11.8 Å². The molecule has 0 radical (unpaired) electrons. The third kappa shape index (κ3) is 3.37. The SMILES string of the molecule is O=C(NCCSc1cccc2nccn12)c1ccc2ccccc2c1. The van der Waals surface area contributed by atoms with Gasteiger partial charge in [0.2, 0.25) is 0 Å². The minimum absolute atomic E-state index is 0.0350. The van der Waals surface area contributed by atoms with E-state index in [2.05, 4.69) is 20.8 Å². The number of thioether (sulfide) groups is 1. The molecule has 1 amide bonds. The van der Waals surface area contributed by atoms with Crippen molar-refractivity contribution in [3.8, 4) is 0 Å². The summed E-state index contributed by atoms with van der Waals surface area (Å²) >= 11 is 1.70. The van der Waals surface area contributed by atoms with E-state index in [0.717, 1.165) is 27.2 Å². The molecule has 25 heavy (non-hydrogen) atoms. The molecule has 1 N–H and O–H groups in total. The van der Waals surface area contributed by atoms with Crippen LogP contribution in [-0.2, 0) is 0 Å². The molecule has 0 aliphatic rings. The standard InChI is InChI=1S/C20H17N3OS/c24-20(17-9-8-15-4-1-2-5-16(15)14-17)22-11-13-25-19-7-3-6-18-21-10-12-23(18)19/h1-10,12,14H,11,13H2,(H,22,24). The molecule has 4 nitrogen and oxygen atoms in total. The Labute approximate surface area is 149 Å². The maximum atomic E-state index is 12.3. The molecule has 0 atom stereocenters. The monoisotopic (exact) mass is 347 g/mol. The fraction of sp³-hybridized carbons (Fsp3) is 0.100. The molecular formula is C20H17N3OS. The van der Waals surface area contributed by atoms with E-state index in [4.69, 9.17) is 0 Å². The molecule has 5 heteroatoms. The van der Waals surface area contributed by atoms with Gasteiger partial charge in [0.25, 0.3) is 5.91 Å². The van der Waals surface area contributed by atoms with Crippen molar-refractivity contribution in [2.45, 2.75) is 5.03 Å². The fourth-order valence-electron chi connectivity index (χ4n) is 2.79. The summed E-state index contributed by atoms with van der Waals surface area (Å²) in [7, 11) is 0. The van der Waals surface area contributed by atoms with E-state index in [1.54, 1.807) is 18.0 Å². The van der Waals surface area contributed by atoms with Gasteiger partial charge in [-0.25, -0.2) is 4.98 Å². The van der Waals surface area contributed by atoms with Gasteiger partial charge in [0, 0.05) is 30.3 Å². The quantitative estimate of drug-likeness (QED) is 0.438. The first-order valence-electron chi connectivity index (χ1n) is 8.13. The molecule has 124 valence electrons. The highest BCUT2D eigenvalue weighted by Crippen LogP contribution is 2.19. The third-order valence-corrected chi connectivity index (χ3v) is 5.08. The lowest BCUT2D eigenvalue weighted by molar-refractivity contribution is 0.0956. The Balaban J connectivity index is 1.36. The van der Waals surface area contributed by atoms with E-state index in [-0.39, 0.29) is 5.91 Å². The highest BCUT2D eigenvalue weighted by atomic mass is 32.2. The van der Waals surface area contributed by atoms with Crippen molar-refractivity contribution in [2.75, 3.05) is 12.3 Å². The lowest BCUT2D eigenvalue weighted by atomic mass is 10.1. The van der Waals surface area contributed by atoms with Crippen LogP contribution >= 0.6 is 11.8 Å². The summed E-state index contributed by atoms with van der Waals surface area (Å²) in [5, 5.41) is 6.33. The maximum Gasteiger partial charge on any atom is 0.251 e. The van der Waals surface area contributed by atoms with Gasteiger partial charge in [-0.05, 0) is 35.0 Å². The molecule has 0 fully saturated rings. The minimum atomic E-state index is -0.0350. The number of aromatic nitrogens is 2. The molecule has 0 aliphatic heterocycles. The van der Waals surface area contributed by atoms with Crippen LogP contribution in [-0.4, -0.2) is 27.6 Å². The Kier molecular flexibility index (Phi) is 4.39. The molecule has 4 aromatic rings. The lowest BCUT2D eigenvalue weighted by Crippen LogP contribution is -2.25. The Morgan fingerprint density at radius 1 is 1.04 bits per heavy atom. The Bertz CT molecular complexity index is 1040. The van der Waals surface area contributed by atoms with Crippen molar-refractivity contribution in [1.29, 1.82) is 0 Å². The number of pyridine rings is 1. The van der Waals surface area contributed by atoms with Crippen molar-refractivity contribution in [2.24, 2.45) is 0 Å². The summed E-state index contributed by atoms with van der Waals surface area (Å²) in [6, 6.07) is 19.9. The minimum Gasteiger partial charge on any atom is -0.351 e. The number of fused-ring (bicyclic) bond motifs is 2. The molecular weight excluding hydrogens is 330 g/mol. The summed E-state index contributed by atoms with van der Waals surface area (Å²) in [4.78, 5) is 16.6. The zero-order valence-corrected chi connectivity index (χ0v) is 14.4. The predicted molar refractivity (Wildman–Crippen MR) is 102 cm³/mol. The zero-order chi connectivity index (χ0) is 17.1. The van der Waals surface area contributed by atoms with Crippen molar-refractivity contribution < 1.29 is 4.79 Å². The molecule has 0 spiro atoms.